The number of anilines is 1. The number of carboxylic acid groups (broad SMARTS) is 1. The molecule has 0 aliphatic carbocycles. The number of carboxylic acids is 1. The molecule has 0 aliphatic heterocycles. The van der Waals surface area contributed by atoms with E-state index in [2.05, 4.69) is 0 Å². The highest BCUT2D eigenvalue weighted by Crippen LogP contribution is 2.16. The van der Waals surface area contributed by atoms with Crippen molar-refractivity contribution in [3.8, 4) is 0 Å². The van der Waals surface area contributed by atoms with Crippen molar-refractivity contribution in [2.45, 2.75) is 32.6 Å². The van der Waals surface area contributed by atoms with Crippen molar-refractivity contribution in [1.82, 2.24) is 0 Å². The lowest BCUT2D eigenvalue weighted by Crippen LogP contribution is -2.25. The number of aryl methyl sites for hydroxylation is 1. The Morgan fingerprint density at radius 2 is 1.89 bits per heavy atom. The quantitative estimate of drug-likeness (QED) is 0.788. The Morgan fingerprint density at radius 3 is 2.50 bits per heavy atom. The summed E-state index contributed by atoms with van der Waals surface area (Å²) in [4.78, 5) is 23.8. The molecule has 0 heterocycles. The summed E-state index contributed by atoms with van der Waals surface area (Å²) < 4.78 is 0. The van der Waals surface area contributed by atoms with Gasteiger partial charge in [-0.05, 0) is 37.5 Å². The maximum atomic E-state index is 11.9. The van der Waals surface area contributed by atoms with E-state index < -0.39 is 5.97 Å². The van der Waals surface area contributed by atoms with Gasteiger partial charge in [0.1, 0.15) is 0 Å². The molecule has 0 radical (unpaired) electrons. The molecule has 0 saturated heterocycles. The molecule has 0 bridgehead atoms. The summed E-state index contributed by atoms with van der Waals surface area (Å²) >= 11 is 0. The zero-order chi connectivity index (χ0) is 13.5. The van der Waals surface area contributed by atoms with Gasteiger partial charge in [0, 0.05) is 25.6 Å². The van der Waals surface area contributed by atoms with Crippen molar-refractivity contribution in [2.24, 2.45) is 0 Å². The molecule has 18 heavy (non-hydrogen) atoms. The van der Waals surface area contributed by atoms with Crippen LogP contribution in [0.1, 0.15) is 31.2 Å². The Labute approximate surface area is 107 Å². The summed E-state index contributed by atoms with van der Waals surface area (Å²) in [5.74, 6) is -0.791. The first kappa shape index (κ1) is 14.2. The molecule has 0 aliphatic rings. The van der Waals surface area contributed by atoms with Crippen molar-refractivity contribution in [2.75, 3.05) is 11.9 Å². The number of hydrogen-bond donors (Lipinski definition) is 1. The van der Waals surface area contributed by atoms with Gasteiger partial charge in [-0.2, -0.15) is 0 Å². The van der Waals surface area contributed by atoms with Crippen LogP contribution in [0.15, 0.2) is 24.3 Å². The Hall–Kier alpha value is -1.84. The second-order valence-electron chi connectivity index (χ2n) is 4.39. The Morgan fingerprint density at radius 1 is 1.22 bits per heavy atom. The maximum absolute atomic E-state index is 11.9. The minimum absolute atomic E-state index is 0.0194. The van der Waals surface area contributed by atoms with Gasteiger partial charge in [-0.25, -0.2) is 0 Å². The van der Waals surface area contributed by atoms with Gasteiger partial charge in [0.2, 0.25) is 5.91 Å². The predicted octanol–water partition coefficient (Wildman–Crippen LogP) is 2.60. The minimum Gasteiger partial charge on any atom is -0.481 e. The number of carbonyl (C=O) groups is 2. The third-order valence-electron chi connectivity index (χ3n) is 2.79. The first-order valence-electron chi connectivity index (χ1n) is 6.05. The van der Waals surface area contributed by atoms with Crippen LogP contribution in [0.3, 0.4) is 0 Å². The number of benzene rings is 1. The lowest BCUT2D eigenvalue weighted by molar-refractivity contribution is -0.137. The molecule has 1 aromatic carbocycles. The number of aliphatic carboxylic acids is 1. The molecular weight excluding hydrogens is 230 g/mol. The molecule has 0 fully saturated rings. The molecule has 0 aromatic heterocycles. The third-order valence-corrected chi connectivity index (χ3v) is 2.79. The average molecular weight is 249 g/mol. The molecule has 1 amide bonds. The normalized spacial score (nSPS) is 10.1. The number of hydrogen-bond acceptors (Lipinski definition) is 2. The fourth-order valence-electron chi connectivity index (χ4n) is 1.70. The highest BCUT2D eigenvalue weighted by Gasteiger charge is 2.10. The van der Waals surface area contributed by atoms with Crippen LogP contribution in [0.4, 0.5) is 5.69 Å². The van der Waals surface area contributed by atoms with Crippen molar-refractivity contribution in [3.63, 3.8) is 0 Å². The van der Waals surface area contributed by atoms with E-state index >= 15 is 0 Å². The van der Waals surface area contributed by atoms with Gasteiger partial charge in [0.15, 0.2) is 0 Å². The number of unbranched alkanes of at least 4 members (excludes halogenated alkanes) is 1. The summed E-state index contributed by atoms with van der Waals surface area (Å²) in [7, 11) is 1.74. The van der Waals surface area contributed by atoms with E-state index in [-0.39, 0.29) is 12.3 Å². The van der Waals surface area contributed by atoms with Crippen LogP contribution >= 0.6 is 0 Å². The van der Waals surface area contributed by atoms with Crippen molar-refractivity contribution < 1.29 is 14.7 Å². The van der Waals surface area contributed by atoms with Gasteiger partial charge in [-0.3, -0.25) is 9.59 Å². The molecule has 4 heteroatoms. The molecule has 0 unspecified atom stereocenters. The lowest BCUT2D eigenvalue weighted by Gasteiger charge is -2.17. The second kappa shape index (κ2) is 6.79. The predicted molar refractivity (Wildman–Crippen MR) is 70.7 cm³/mol. The molecule has 1 rings (SSSR count). The maximum Gasteiger partial charge on any atom is 0.303 e. The molecule has 4 nitrogen and oxygen atoms in total. The Bertz CT molecular complexity index is 429. The zero-order valence-corrected chi connectivity index (χ0v) is 10.8. The number of rotatable bonds is 6. The smallest absolute Gasteiger partial charge is 0.303 e. The second-order valence-corrected chi connectivity index (χ2v) is 4.39. The SMILES string of the molecule is Cc1cccc(N(C)C(=O)CCCCC(=O)O)c1. The standard InChI is InChI=1S/C14H19NO3/c1-11-6-5-7-12(10-11)15(2)13(16)8-3-4-9-14(17)18/h5-7,10H,3-4,8-9H2,1-2H3,(H,17,18). The highest BCUT2D eigenvalue weighted by atomic mass is 16.4. The summed E-state index contributed by atoms with van der Waals surface area (Å²) in [6.07, 6.45) is 1.67. The van der Waals surface area contributed by atoms with Gasteiger partial charge in [-0.1, -0.05) is 12.1 Å². The molecule has 1 N–H and O–H groups in total. The average Bonchev–Trinajstić information content (AvgIpc) is 2.33. The van der Waals surface area contributed by atoms with E-state index in [0.717, 1.165) is 11.3 Å². The number of amides is 1. The first-order chi connectivity index (χ1) is 8.50. The lowest BCUT2D eigenvalue weighted by atomic mass is 10.1. The van der Waals surface area contributed by atoms with Crippen LogP contribution in [0.2, 0.25) is 0 Å². The fraction of sp³-hybridized carbons (Fsp3) is 0.429. The fourth-order valence-corrected chi connectivity index (χ4v) is 1.70. The van der Waals surface area contributed by atoms with Crippen LogP contribution in [-0.2, 0) is 9.59 Å². The first-order valence-corrected chi connectivity index (χ1v) is 6.05. The third kappa shape index (κ3) is 4.57. The van der Waals surface area contributed by atoms with E-state index in [1.807, 2.05) is 31.2 Å². The summed E-state index contributed by atoms with van der Waals surface area (Å²) in [5.41, 5.74) is 1.98. The minimum atomic E-state index is -0.811. The monoisotopic (exact) mass is 249 g/mol. The molecule has 1 aromatic rings. The van der Waals surface area contributed by atoms with E-state index in [1.165, 1.54) is 0 Å². The van der Waals surface area contributed by atoms with Gasteiger partial charge < -0.3 is 10.0 Å². The Kier molecular flexibility index (Phi) is 5.36. The summed E-state index contributed by atoms with van der Waals surface area (Å²) in [6, 6.07) is 7.74. The van der Waals surface area contributed by atoms with E-state index in [1.54, 1.807) is 11.9 Å². The molecule has 0 spiro atoms. The Balaban J connectivity index is 2.44. The molecule has 0 atom stereocenters. The summed E-state index contributed by atoms with van der Waals surface area (Å²) in [5, 5.41) is 8.50. The molecular formula is C14H19NO3. The molecule has 0 saturated carbocycles. The number of nitrogens with zero attached hydrogens (tertiary/aromatic N) is 1. The van der Waals surface area contributed by atoms with Crippen LogP contribution in [-0.4, -0.2) is 24.0 Å². The van der Waals surface area contributed by atoms with Gasteiger partial charge in [-0.15, -0.1) is 0 Å². The van der Waals surface area contributed by atoms with E-state index in [9.17, 15) is 9.59 Å². The van der Waals surface area contributed by atoms with E-state index in [4.69, 9.17) is 5.11 Å². The van der Waals surface area contributed by atoms with Crippen molar-refractivity contribution >= 4 is 17.6 Å². The van der Waals surface area contributed by atoms with Gasteiger partial charge in [0.05, 0.1) is 0 Å². The van der Waals surface area contributed by atoms with E-state index in [0.29, 0.717) is 19.3 Å². The largest absolute Gasteiger partial charge is 0.481 e. The molecule has 98 valence electrons. The van der Waals surface area contributed by atoms with Gasteiger partial charge >= 0.3 is 5.97 Å². The topological polar surface area (TPSA) is 57.6 Å². The van der Waals surface area contributed by atoms with Crippen LogP contribution in [0, 0.1) is 6.92 Å². The van der Waals surface area contributed by atoms with Crippen LogP contribution in [0.25, 0.3) is 0 Å². The van der Waals surface area contributed by atoms with Crippen molar-refractivity contribution in [3.05, 3.63) is 29.8 Å². The van der Waals surface area contributed by atoms with Crippen molar-refractivity contribution in [1.29, 1.82) is 0 Å². The zero-order valence-electron chi connectivity index (χ0n) is 10.8. The summed E-state index contributed by atoms with van der Waals surface area (Å²) in [6.45, 7) is 1.98. The highest BCUT2D eigenvalue weighted by molar-refractivity contribution is 5.92. The number of carbonyl (C=O) groups excluding carboxylic acids is 1. The van der Waals surface area contributed by atoms with Gasteiger partial charge in [0.25, 0.3) is 0 Å². The van der Waals surface area contributed by atoms with Crippen LogP contribution < -0.4 is 4.90 Å². The van der Waals surface area contributed by atoms with Crippen LogP contribution in [0.5, 0.6) is 0 Å².